The maximum atomic E-state index is 13.1. The Bertz CT molecular complexity index is 1120. The highest BCUT2D eigenvalue weighted by Gasteiger charge is 2.38. The molecule has 2 N–H and O–H groups in total. The van der Waals surface area contributed by atoms with Crippen LogP contribution in [0.2, 0.25) is 0 Å². The highest BCUT2D eigenvalue weighted by atomic mass is 19.4. The minimum absolute atomic E-state index is 0.0254. The summed E-state index contributed by atoms with van der Waals surface area (Å²) in [6, 6.07) is -0.264. The minimum Gasteiger partial charge on any atom is -0.382 e. The van der Waals surface area contributed by atoms with Crippen molar-refractivity contribution in [2.24, 2.45) is 0 Å². The second kappa shape index (κ2) is 11.4. The van der Waals surface area contributed by atoms with Crippen molar-refractivity contribution in [3.05, 3.63) is 40.2 Å². The summed E-state index contributed by atoms with van der Waals surface area (Å²) in [7, 11) is 1.56. The van der Waals surface area contributed by atoms with Crippen LogP contribution < -0.4 is 15.8 Å². The number of halogens is 3. The smallest absolute Gasteiger partial charge is 0.382 e. The number of rotatable bonds is 9. The van der Waals surface area contributed by atoms with E-state index in [-0.39, 0.29) is 30.2 Å². The van der Waals surface area contributed by atoms with E-state index in [0.717, 1.165) is 12.4 Å². The largest absolute Gasteiger partial charge is 0.434 e. The molecule has 37 heavy (non-hydrogen) atoms. The fourth-order valence-electron chi connectivity index (χ4n) is 4.62. The number of hydrogen-bond acceptors (Lipinski definition) is 9. The summed E-state index contributed by atoms with van der Waals surface area (Å²) in [6.45, 7) is 3.89. The quantitative estimate of drug-likeness (QED) is 0.502. The Hall–Kier alpha value is -3.26. The number of amides is 1. The Labute approximate surface area is 211 Å². The molecule has 11 nitrogen and oxygen atoms in total. The van der Waals surface area contributed by atoms with E-state index >= 15 is 0 Å². The molecule has 0 radical (unpaired) electrons. The van der Waals surface area contributed by atoms with Gasteiger partial charge in [0.25, 0.3) is 11.5 Å². The van der Waals surface area contributed by atoms with E-state index in [1.165, 1.54) is 6.20 Å². The Morgan fingerprint density at radius 1 is 1.11 bits per heavy atom. The number of carbonyl (C=O) groups is 1. The molecule has 4 rings (SSSR count). The van der Waals surface area contributed by atoms with Gasteiger partial charge in [-0.1, -0.05) is 0 Å². The molecule has 202 valence electrons. The van der Waals surface area contributed by atoms with Gasteiger partial charge >= 0.3 is 6.18 Å². The number of anilines is 2. The zero-order valence-electron chi connectivity index (χ0n) is 20.6. The number of nitrogens with zero attached hydrogens (tertiary/aromatic N) is 5. The normalized spacial score (nSPS) is 19.9. The first-order valence-electron chi connectivity index (χ1n) is 12.0. The van der Waals surface area contributed by atoms with Gasteiger partial charge in [0, 0.05) is 44.8 Å². The Kier molecular flexibility index (Phi) is 8.27. The molecule has 0 aromatic carbocycles. The van der Waals surface area contributed by atoms with Crippen LogP contribution in [0.25, 0.3) is 0 Å². The third-order valence-electron chi connectivity index (χ3n) is 6.68. The molecule has 4 heterocycles. The standard InChI is InChI=1S/C23H30F3N7O4/c1-14-17(9-29-31-21(14)34)30-15(12-36-2)13-37-18-5-8-33(22(18)35)16-3-6-32(7-4-16)20-11-27-19(10-28-20)23(24,25)26/h9-11,15-16,18H,3-8,12-13H2,1-2H3,(H2,30,31,34)/t15-,18-/m0/s1. The summed E-state index contributed by atoms with van der Waals surface area (Å²) in [5.41, 5.74) is -0.252. The molecule has 0 unspecified atom stereocenters. The van der Waals surface area contributed by atoms with Gasteiger partial charge in [0.1, 0.15) is 11.9 Å². The van der Waals surface area contributed by atoms with Gasteiger partial charge < -0.3 is 24.6 Å². The fraction of sp³-hybridized carbons (Fsp3) is 0.609. The van der Waals surface area contributed by atoms with Crippen LogP contribution in [-0.4, -0.2) is 89.1 Å². The molecule has 2 aliphatic heterocycles. The summed E-state index contributed by atoms with van der Waals surface area (Å²) in [4.78, 5) is 36.0. The zero-order valence-corrected chi connectivity index (χ0v) is 20.6. The van der Waals surface area contributed by atoms with Crippen molar-refractivity contribution in [3.63, 3.8) is 0 Å². The number of hydrogen-bond donors (Lipinski definition) is 2. The van der Waals surface area contributed by atoms with E-state index < -0.39 is 18.0 Å². The van der Waals surface area contributed by atoms with Crippen molar-refractivity contribution in [1.29, 1.82) is 0 Å². The second-order valence-electron chi connectivity index (χ2n) is 9.15. The van der Waals surface area contributed by atoms with Gasteiger partial charge in [-0.15, -0.1) is 0 Å². The number of aromatic amines is 1. The molecule has 2 atom stereocenters. The van der Waals surface area contributed by atoms with Crippen LogP contribution in [0.1, 0.15) is 30.5 Å². The number of aromatic nitrogens is 4. The average molecular weight is 526 g/mol. The van der Waals surface area contributed by atoms with Gasteiger partial charge in [0.05, 0.1) is 43.5 Å². The minimum atomic E-state index is -4.52. The van der Waals surface area contributed by atoms with E-state index in [0.29, 0.717) is 62.6 Å². The first-order valence-corrected chi connectivity index (χ1v) is 12.0. The first-order chi connectivity index (χ1) is 17.7. The van der Waals surface area contributed by atoms with Gasteiger partial charge in [-0.2, -0.15) is 18.3 Å². The summed E-state index contributed by atoms with van der Waals surface area (Å²) < 4.78 is 49.4. The maximum absolute atomic E-state index is 13.1. The van der Waals surface area contributed by atoms with Crippen molar-refractivity contribution in [1.82, 2.24) is 25.1 Å². The lowest BCUT2D eigenvalue weighted by Crippen LogP contribution is -2.47. The molecule has 0 bridgehead atoms. The van der Waals surface area contributed by atoms with Crippen molar-refractivity contribution in [2.75, 3.05) is 50.2 Å². The molecule has 0 saturated carbocycles. The van der Waals surface area contributed by atoms with Crippen LogP contribution in [0.15, 0.2) is 23.4 Å². The third kappa shape index (κ3) is 6.36. The summed E-state index contributed by atoms with van der Waals surface area (Å²) in [6.07, 6.45) is 0.212. The maximum Gasteiger partial charge on any atom is 0.434 e. The topological polar surface area (TPSA) is 126 Å². The molecule has 2 fully saturated rings. The van der Waals surface area contributed by atoms with E-state index in [4.69, 9.17) is 9.47 Å². The Morgan fingerprint density at radius 3 is 2.51 bits per heavy atom. The number of methoxy groups -OCH3 is 1. The molecule has 0 aliphatic carbocycles. The Morgan fingerprint density at radius 2 is 1.86 bits per heavy atom. The number of likely N-dealkylation sites (tertiary alicyclic amines) is 1. The second-order valence-corrected chi connectivity index (χ2v) is 9.15. The zero-order chi connectivity index (χ0) is 26.6. The number of H-pyrrole nitrogens is 1. The Balaban J connectivity index is 1.28. The van der Waals surface area contributed by atoms with E-state index in [2.05, 4.69) is 25.5 Å². The molecular weight excluding hydrogens is 495 g/mol. The van der Waals surface area contributed by atoms with Crippen LogP contribution in [0.3, 0.4) is 0 Å². The van der Waals surface area contributed by atoms with E-state index in [9.17, 15) is 22.8 Å². The predicted molar refractivity (Wildman–Crippen MR) is 127 cm³/mol. The molecule has 1 amide bonds. The van der Waals surface area contributed by atoms with Crippen LogP contribution in [-0.2, 0) is 20.4 Å². The third-order valence-corrected chi connectivity index (χ3v) is 6.68. The summed E-state index contributed by atoms with van der Waals surface area (Å²) in [5, 5.41) is 9.38. The monoisotopic (exact) mass is 525 g/mol. The van der Waals surface area contributed by atoms with E-state index in [1.54, 1.807) is 14.0 Å². The fourth-order valence-corrected chi connectivity index (χ4v) is 4.62. The molecule has 0 spiro atoms. The highest BCUT2D eigenvalue weighted by Crippen LogP contribution is 2.29. The van der Waals surface area contributed by atoms with Crippen LogP contribution in [0.4, 0.5) is 24.7 Å². The first kappa shape index (κ1) is 26.8. The number of ether oxygens (including phenoxy) is 2. The molecule has 2 aromatic rings. The average Bonchev–Trinajstić information content (AvgIpc) is 3.25. The summed E-state index contributed by atoms with van der Waals surface area (Å²) >= 11 is 0. The van der Waals surface area contributed by atoms with Gasteiger partial charge in [-0.3, -0.25) is 9.59 Å². The summed E-state index contributed by atoms with van der Waals surface area (Å²) in [5.74, 6) is 0.320. The number of nitrogens with one attached hydrogen (secondary N) is 2. The number of alkyl halides is 3. The van der Waals surface area contributed by atoms with Crippen molar-refractivity contribution < 1.29 is 27.4 Å². The van der Waals surface area contributed by atoms with Crippen molar-refractivity contribution >= 4 is 17.4 Å². The lowest BCUT2D eigenvalue weighted by Gasteiger charge is -2.37. The van der Waals surface area contributed by atoms with Gasteiger partial charge in [-0.25, -0.2) is 15.1 Å². The molecule has 14 heteroatoms. The van der Waals surface area contributed by atoms with Gasteiger partial charge in [0.2, 0.25) is 0 Å². The van der Waals surface area contributed by atoms with Crippen molar-refractivity contribution in [3.8, 4) is 0 Å². The van der Waals surface area contributed by atoms with E-state index in [1.807, 2.05) is 9.80 Å². The van der Waals surface area contributed by atoms with Crippen molar-refractivity contribution in [2.45, 2.75) is 50.6 Å². The predicted octanol–water partition coefficient (Wildman–Crippen LogP) is 1.60. The van der Waals surface area contributed by atoms with Crippen LogP contribution >= 0.6 is 0 Å². The highest BCUT2D eigenvalue weighted by molar-refractivity contribution is 5.83. The molecular formula is C23H30F3N7O4. The number of carbonyl (C=O) groups excluding carboxylic acids is 1. The lowest BCUT2D eigenvalue weighted by atomic mass is 10.0. The van der Waals surface area contributed by atoms with Gasteiger partial charge in [-0.05, 0) is 19.8 Å². The molecule has 2 aliphatic rings. The van der Waals surface area contributed by atoms with Crippen LogP contribution in [0.5, 0.6) is 0 Å². The lowest BCUT2D eigenvalue weighted by molar-refractivity contribution is -0.141. The number of piperidine rings is 1. The molecule has 2 saturated heterocycles. The van der Waals surface area contributed by atoms with Gasteiger partial charge in [0.15, 0.2) is 5.69 Å². The SMILES string of the molecule is COC[C@@H](CO[C@H]1CCN(C2CCN(c3cnc(C(F)(F)F)cn3)CC2)C1=O)Nc1cn[nH]c(=O)c1C. The van der Waals surface area contributed by atoms with Crippen LogP contribution in [0, 0.1) is 6.92 Å². The molecule has 2 aromatic heterocycles.